The molecule has 2 N–H and O–H groups in total. The predicted octanol–water partition coefficient (Wildman–Crippen LogP) is 5.61. The number of hydrogen-bond acceptors (Lipinski definition) is 4. The van der Waals surface area contributed by atoms with Crippen molar-refractivity contribution in [3.63, 3.8) is 0 Å². The number of aryl methyl sites for hydroxylation is 1. The lowest BCUT2D eigenvalue weighted by Gasteiger charge is -2.14. The van der Waals surface area contributed by atoms with Gasteiger partial charge < -0.3 is 14.8 Å². The van der Waals surface area contributed by atoms with Crippen LogP contribution in [0.25, 0.3) is 22.8 Å². The van der Waals surface area contributed by atoms with E-state index in [0.717, 1.165) is 41.9 Å². The van der Waals surface area contributed by atoms with Crippen LogP contribution in [0.3, 0.4) is 0 Å². The van der Waals surface area contributed by atoms with Crippen molar-refractivity contribution in [1.82, 2.24) is 9.55 Å². The SMILES string of the molecule is CCCCc1ncc(C=C2C(=O)N(CC(=O)O)c3ccccc32)n1Cc1ccc(-c2ccccc2C(=O)O)cc1. The molecule has 0 atom stereocenters. The normalized spacial score (nSPS) is 13.6. The minimum Gasteiger partial charge on any atom is -0.480 e. The second kappa shape index (κ2) is 11.4. The van der Waals surface area contributed by atoms with Gasteiger partial charge in [-0.2, -0.15) is 0 Å². The smallest absolute Gasteiger partial charge is 0.336 e. The minimum absolute atomic E-state index is 0.249. The molecule has 8 heteroatoms. The number of hydrogen-bond donors (Lipinski definition) is 2. The monoisotopic (exact) mass is 535 g/mol. The standard InChI is InChI=1S/C32H29N3O5/c1-2-3-12-29-33-18-23(17-27-25-9-6-7-11-28(25)35(31(27)38)20-30(36)37)34(29)19-21-13-15-22(16-14-21)24-8-4-5-10-26(24)32(39)40/h4-11,13-18H,2-3,12,19-20H2,1H3,(H,36,37)(H,39,40). The molecule has 0 radical (unpaired) electrons. The quantitative estimate of drug-likeness (QED) is 0.255. The number of para-hydroxylation sites is 1. The highest BCUT2D eigenvalue weighted by Gasteiger charge is 2.33. The molecule has 0 unspecified atom stereocenters. The van der Waals surface area contributed by atoms with E-state index in [9.17, 15) is 24.6 Å². The molecule has 8 nitrogen and oxygen atoms in total. The van der Waals surface area contributed by atoms with Crippen molar-refractivity contribution in [3.8, 4) is 11.1 Å². The van der Waals surface area contributed by atoms with Crippen molar-refractivity contribution >= 4 is 35.2 Å². The summed E-state index contributed by atoms with van der Waals surface area (Å²) in [6.45, 7) is 2.22. The lowest BCUT2D eigenvalue weighted by molar-refractivity contribution is -0.136. The van der Waals surface area contributed by atoms with E-state index < -0.39 is 18.5 Å². The van der Waals surface area contributed by atoms with E-state index in [0.29, 0.717) is 28.9 Å². The number of rotatable bonds is 10. The molecule has 1 amide bonds. The van der Waals surface area contributed by atoms with E-state index in [1.807, 2.05) is 42.5 Å². The number of benzene rings is 3. The molecule has 1 aliphatic heterocycles. The summed E-state index contributed by atoms with van der Waals surface area (Å²) in [7, 11) is 0. The van der Waals surface area contributed by atoms with Crippen molar-refractivity contribution in [2.45, 2.75) is 32.7 Å². The van der Waals surface area contributed by atoms with E-state index in [4.69, 9.17) is 0 Å². The molecule has 0 bridgehead atoms. The molecular weight excluding hydrogens is 506 g/mol. The zero-order chi connectivity index (χ0) is 28.2. The number of carboxylic acids is 2. The summed E-state index contributed by atoms with van der Waals surface area (Å²) in [5.41, 5.74) is 5.17. The molecular formula is C32H29N3O5. The molecule has 1 aliphatic rings. The van der Waals surface area contributed by atoms with Gasteiger partial charge in [0, 0.05) is 18.5 Å². The Hall–Kier alpha value is -4.98. The van der Waals surface area contributed by atoms with Gasteiger partial charge in [0.25, 0.3) is 5.91 Å². The Morgan fingerprint density at radius 1 is 0.925 bits per heavy atom. The topological polar surface area (TPSA) is 113 Å². The summed E-state index contributed by atoms with van der Waals surface area (Å²) in [6.07, 6.45) is 6.30. The number of carbonyl (C=O) groups is 3. The Kier molecular flexibility index (Phi) is 7.59. The van der Waals surface area contributed by atoms with Gasteiger partial charge in [0.2, 0.25) is 0 Å². The Labute approximate surface area is 231 Å². The predicted molar refractivity (Wildman–Crippen MR) is 153 cm³/mol. The zero-order valence-electron chi connectivity index (χ0n) is 22.1. The van der Waals surface area contributed by atoms with Crippen molar-refractivity contribution in [1.29, 1.82) is 0 Å². The molecule has 202 valence electrons. The summed E-state index contributed by atoms with van der Waals surface area (Å²) in [5.74, 6) is -1.50. The summed E-state index contributed by atoms with van der Waals surface area (Å²) in [6, 6.07) is 21.9. The van der Waals surface area contributed by atoms with Crippen LogP contribution >= 0.6 is 0 Å². The van der Waals surface area contributed by atoms with E-state index in [2.05, 4.69) is 16.5 Å². The van der Waals surface area contributed by atoms with Crippen LogP contribution in [0.4, 0.5) is 5.69 Å². The van der Waals surface area contributed by atoms with Crippen molar-refractivity contribution in [3.05, 3.63) is 107 Å². The van der Waals surface area contributed by atoms with Gasteiger partial charge in [-0.1, -0.05) is 74.0 Å². The van der Waals surface area contributed by atoms with Crippen LogP contribution in [0.15, 0.2) is 79.0 Å². The maximum Gasteiger partial charge on any atom is 0.336 e. The fourth-order valence-electron chi connectivity index (χ4n) is 5.04. The molecule has 2 heterocycles. The molecule has 0 saturated carbocycles. The van der Waals surface area contributed by atoms with Gasteiger partial charge in [0.15, 0.2) is 0 Å². The second-order valence-corrected chi connectivity index (χ2v) is 9.70. The Balaban J connectivity index is 1.50. The number of imidazole rings is 1. The number of aromatic nitrogens is 2. The zero-order valence-corrected chi connectivity index (χ0v) is 22.1. The van der Waals surface area contributed by atoms with E-state index >= 15 is 0 Å². The number of amides is 1. The number of carbonyl (C=O) groups excluding carboxylic acids is 1. The van der Waals surface area contributed by atoms with Crippen LogP contribution in [0.1, 0.15) is 52.8 Å². The van der Waals surface area contributed by atoms with Gasteiger partial charge in [-0.3, -0.25) is 14.5 Å². The first-order valence-corrected chi connectivity index (χ1v) is 13.2. The van der Waals surface area contributed by atoms with Crippen LogP contribution in [-0.4, -0.2) is 44.2 Å². The molecule has 4 aromatic rings. The minimum atomic E-state index is -1.08. The van der Waals surface area contributed by atoms with Crippen molar-refractivity contribution < 1.29 is 24.6 Å². The maximum absolute atomic E-state index is 13.3. The number of aromatic carboxylic acids is 1. The second-order valence-electron chi connectivity index (χ2n) is 9.70. The Morgan fingerprint density at radius 2 is 1.62 bits per heavy atom. The third-order valence-corrected chi connectivity index (χ3v) is 7.03. The fourth-order valence-corrected chi connectivity index (χ4v) is 5.04. The van der Waals surface area contributed by atoms with Crippen molar-refractivity contribution in [2.75, 3.05) is 11.4 Å². The number of aliphatic carboxylic acids is 1. The third-order valence-electron chi connectivity index (χ3n) is 7.03. The van der Waals surface area contributed by atoms with Gasteiger partial charge in [-0.25, -0.2) is 9.78 Å². The average Bonchev–Trinajstić information content (AvgIpc) is 3.45. The number of carboxylic acid groups (broad SMARTS) is 2. The van der Waals surface area contributed by atoms with Crippen LogP contribution < -0.4 is 4.90 Å². The van der Waals surface area contributed by atoms with Crippen LogP contribution in [-0.2, 0) is 22.6 Å². The van der Waals surface area contributed by atoms with Crippen LogP contribution in [0, 0.1) is 0 Å². The Bertz CT molecular complexity index is 1620. The van der Waals surface area contributed by atoms with E-state index in [1.54, 1.807) is 42.6 Å². The molecule has 0 spiro atoms. The van der Waals surface area contributed by atoms with Crippen molar-refractivity contribution in [2.24, 2.45) is 0 Å². The van der Waals surface area contributed by atoms with E-state index in [-0.39, 0.29) is 11.5 Å². The highest BCUT2D eigenvalue weighted by Crippen LogP contribution is 2.37. The first-order chi connectivity index (χ1) is 19.4. The van der Waals surface area contributed by atoms with E-state index in [1.165, 1.54) is 4.90 Å². The maximum atomic E-state index is 13.3. The molecule has 40 heavy (non-hydrogen) atoms. The van der Waals surface area contributed by atoms with Crippen LogP contribution in [0.2, 0.25) is 0 Å². The highest BCUT2D eigenvalue weighted by atomic mass is 16.4. The number of unbranched alkanes of at least 4 members (excludes halogenated alkanes) is 1. The average molecular weight is 536 g/mol. The lowest BCUT2D eigenvalue weighted by atomic mass is 9.98. The first kappa shape index (κ1) is 26.6. The van der Waals surface area contributed by atoms with Gasteiger partial charge in [-0.15, -0.1) is 0 Å². The number of fused-ring (bicyclic) bond motifs is 1. The number of nitrogens with zero attached hydrogens (tertiary/aromatic N) is 3. The van der Waals surface area contributed by atoms with Crippen LogP contribution in [0.5, 0.6) is 0 Å². The summed E-state index contributed by atoms with van der Waals surface area (Å²) in [4.78, 5) is 42.4. The third kappa shape index (κ3) is 5.29. The summed E-state index contributed by atoms with van der Waals surface area (Å²) >= 11 is 0. The van der Waals surface area contributed by atoms with Gasteiger partial charge >= 0.3 is 11.9 Å². The van der Waals surface area contributed by atoms with Gasteiger partial charge in [0.05, 0.1) is 28.7 Å². The fraction of sp³-hybridized carbons (Fsp3) is 0.188. The molecule has 0 saturated heterocycles. The molecule has 5 rings (SSSR count). The van der Waals surface area contributed by atoms with Gasteiger partial charge in [0.1, 0.15) is 12.4 Å². The molecule has 0 aliphatic carbocycles. The molecule has 0 fully saturated rings. The Morgan fingerprint density at radius 3 is 2.33 bits per heavy atom. The van der Waals surface area contributed by atoms with Gasteiger partial charge in [-0.05, 0) is 41.3 Å². The summed E-state index contributed by atoms with van der Waals surface area (Å²) < 4.78 is 2.08. The number of anilines is 1. The largest absolute Gasteiger partial charge is 0.480 e. The lowest BCUT2D eigenvalue weighted by Crippen LogP contribution is -2.32. The molecule has 1 aromatic heterocycles. The molecule has 3 aromatic carbocycles. The summed E-state index contributed by atoms with van der Waals surface area (Å²) in [5, 5.41) is 18.9. The highest BCUT2D eigenvalue weighted by molar-refractivity contribution is 6.36. The first-order valence-electron chi connectivity index (χ1n) is 13.2.